The number of benzene rings is 2. The van der Waals surface area contributed by atoms with Crippen LogP contribution in [-0.2, 0) is 14.8 Å². The van der Waals surface area contributed by atoms with E-state index in [1.54, 1.807) is 31.4 Å². The summed E-state index contributed by atoms with van der Waals surface area (Å²) in [4.78, 5) is 12.6. The first-order chi connectivity index (χ1) is 15.9. The average molecular weight is 473 g/mol. The first-order valence-corrected chi connectivity index (χ1v) is 11.8. The molecular weight excluding hydrogens is 448 g/mol. The highest BCUT2D eigenvalue weighted by atomic mass is 32.2. The van der Waals surface area contributed by atoms with Crippen LogP contribution in [0.4, 0.5) is 6.01 Å². The fourth-order valence-electron chi connectivity index (χ4n) is 3.42. The van der Waals surface area contributed by atoms with Crippen LogP contribution in [0.15, 0.2) is 57.8 Å². The number of amides is 1. The van der Waals surface area contributed by atoms with Gasteiger partial charge in [-0.05, 0) is 61.4 Å². The van der Waals surface area contributed by atoms with Gasteiger partial charge in [0.1, 0.15) is 5.75 Å². The highest BCUT2D eigenvalue weighted by Gasteiger charge is 2.26. The van der Waals surface area contributed by atoms with Gasteiger partial charge in [0, 0.05) is 31.3 Å². The molecule has 1 saturated heterocycles. The Hall–Kier alpha value is -3.28. The van der Waals surface area contributed by atoms with Crippen molar-refractivity contribution in [1.29, 1.82) is 0 Å². The maximum absolute atomic E-state index is 12.8. The molecule has 0 radical (unpaired) electrons. The molecule has 0 saturated carbocycles. The molecule has 1 N–H and O–H groups in total. The van der Waals surface area contributed by atoms with Crippen molar-refractivity contribution in [2.24, 2.45) is 0 Å². The highest BCUT2D eigenvalue weighted by molar-refractivity contribution is 7.89. The summed E-state index contributed by atoms with van der Waals surface area (Å²) in [7, 11) is -0.596. The van der Waals surface area contributed by atoms with Gasteiger partial charge in [-0.1, -0.05) is 5.10 Å². The van der Waals surface area contributed by atoms with E-state index < -0.39 is 15.9 Å². The largest absolute Gasteiger partial charge is 0.497 e. The molecule has 0 bridgehead atoms. The van der Waals surface area contributed by atoms with Gasteiger partial charge in [-0.25, -0.2) is 8.42 Å². The van der Waals surface area contributed by atoms with Crippen LogP contribution in [0.2, 0.25) is 0 Å². The summed E-state index contributed by atoms with van der Waals surface area (Å²) in [6.07, 6.45) is 1.69. The van der Waals surface area contributed by atoms with E-state index >= 15 is 0 Å². The number of nitrogens with zero attached hydrogens (tertiary/aromatic N) is 3. The lowest BCUT2D eigenvalue weighted by atomic mass is 10.2. The lowest BCUT2D eigenvalue weighted by Gasteiger charge is -2.20. The molecule has 1 aromatic heterocycles. The number of carbonyl (C=O) groups is 1. The van der Waals surface area contributed by atoms with E-state index in [9.17, 15) is 13.2 Å². The smallest absolute Gasteiger partial charge is 0.322 e. The summed E-state index contributed by atoms with van der Waals surface area (Å²) in [6.45, 7) is 0.947. The van der Waals surface area contributed by atoms with Gasteiger partial charge in [0.25, 0.3) is 5.91 Å². The Labute approximate surface area is 191 Å². The molecule has 33 heavy (non-hydrogen) atoms. The van der Waals surface area contributed by atoms with Gasteiger partial charge < -0.3 is 13.9 Å². The number of rotatable bonds is 8. The van der Waals surface area contributed by atoms with E-state index in [4.69, 9.17) is 13.9 Å². The minimum absolute atomic E-state index is 0.0705. The van der Waals surface area contributed by atoms with Gasteiger partial charge in [0.2, 0.25) is 15.9 Å². The molecule has 3 aromatic rings. The maximum Gasteiger partial charge on any atom is 0.322 e. The Bertz CT molecular complexity index is 1200. The Kier molecular flexibility index (Phi) is 6.72. The standard InChI is InChI=1S/C22H24N4O6S/c1-26(14-18-4-3-13-31-18)33(28,29)19-11-7-15(8-12-19)20(27)23-22-25-24-21(32-22)16-5-9-17(30-2)10-6-16/h5-12,18H,3-4,13-14H2,1-2H3,(H,23,25,27). The zero-order chi connectivity index (χ0) is 23.4. The second-order valence-corrected chi connectivity index (χ2v) is 9.58. The van der Waals surface area contributed by atoms with Gasteiger partial charge in [-0.3, -0.25) is 10.1 Å². The van der Waals surface area contributed by atoms with Crippen LogP contribution < -0.4 is 10.1 Å². The number of hydrogen-bond donors (Lipinski definition) is 1. The Balaban J connectivity index is 1.40. The molecule has 2 aromatic carbocycles. The highest BCUT2D eigenvalue weighted by Crippen LogP contribution is 2.23. The predicted octanol–water partition coefficient (Wildman–Crippen LogP) is 2.80. The van der Waals surface area contributed by atoms with Crippen LogP contribution in [0.3, 0.4) is 0 Å². The van der Waals surface area contributed by atoms with Crippen LogP contribution in [0.5, 0.6) is 5.75 Å². The third-order valence-corrected chi connectivity index (χ3v) is 7.13. The summed E-state index contributed by atoms with van der Waals surface area (Å²) in [5, 5.41) is 10.3. The van der Waals surface area contributed by atoms with Crippen molar-refractivity contribution in [1.82, 2.24) is 14.5 Å². The van der Waals surface area contributed by atoms with E-state index in [0.717, 1.165) is 12.8 Å². The van der Waals surface area contributed by atoms with Gasteiger partial charge in [-0.2, -0.15) is 4.31 Å². The lowest BCUT2D eigenvalue weighted by Crippen LogP contribution is -2.34. The van der Waals surface area contributed by atoms with Crippen molar-refractivity contribution in [3.8, 4) is 17.2 Å². The van der Waals surface area contributed by atoms with Gasteiger partial charge in [-0.15, -0.1) is 5.10 Å². The van der Waals surface area contributed by atoms with Crippen LogP contribution >= 0.6 is 0 Å². The van der Waals surface area contributed by atoms with Crippen molar-refractivity contribution in [2.45, 2.75) is 23.8 Å². The number of nitrogens with one attached hydrogen (secondary N) is 1. The number of ether oxygens (including phenoxy) is 2. The van der Waals surface area contributed by atoms with Crippen molar-refractivity contribution in [3.05, 3.63) is 54.1 Å². The van der Waals surface area contributed by atoms with E-state index in [0.29, 0.717) is 17.9 Å². The van der Waals surface area contributed by atoms with Gasteiger partial charge in [0.15, 0.2) is 0 Å². The molecule has 11 heteroatoms. The maximum atomic E-state index is 12.8. The molecule has 1 aliphatic heterocycles. The van der Waals surface area contributed by atoms with Crippen LogP contribution in [0, 0.1) is 0 Å². The molecule has 1 fully saturated rings. The molecule has 1 unspecified atom stereocenters. The normalized spacial score (nSPS) is 16.2. The Morgan fingerprint density at radius 2 is 1.88 bits per heavy atom. The first kappa shape index (κ1) is 22.9. The fraction of sp³-hybridized carbons (Fsp3) is 0.318. The molecule has 10 nitrogen and oxygen atoms in total. The third kappa shape index (κ3) is 5.21. The summed E-state index contributed by atoms with van der Waals surface area (Å²) in [6, 6.07) is 12.6. The minimum atomic E-state index is -3.69. The zero-order valence-corrected chi connectivity index (χ0v) is 19.0. The van der Waals surface area contributed by atoms with Gasteiger partial charge >= 0.3 is 6.01 Å². The molecule has 174 valence electrons. The molecule has 1 aliphatic rings. The zero-order valence-electron chi connectivity index (χ0n) is 18.2. The Morgan fingerprint density at radius 3 is 2.52 bits per heavy atom. The summed E-state index contributed by atoms with van der Waals surface area (Å²) in [5.41, 5.74) is 0.922. The summed E-state index contributed by atoms with van der Waals surface area (Å²) >= 11 is 0. The lowest BCUT2D eigenvalue weighted by molar-refractivity contribution is 0.0979. The number of anilines is 1. The van der Waals surface area contributed by atoms with E-state index in [2.05, 4.69) is 15.5 Å². The van der Waals surface area contributed by atoms with Crippen molar-refractivity contribution in [3.63, 3.8) is 0 Å². The minimum Gasteiger partial charge on any atom is -0.497 e. The fourth-order valence-corrected chi connectivity index (χ4v) is 4.63. The molecule has 2 heterocycles. The number of likely N-dealkylation sites (N-methyl/N-ethyl adjacent to an activating group) is 1. The number of carbonyl (C=O) groups excluding carboxylic acids is 1. The molecule has 0 aliphatic carbocycles. The van der Waals surface area contributed by atoms with Crippen LogP contribution in [0.25, 0.3) is 11.5 Å². The predicted molar refractivity (Wildman–Crippen MR) is 119 cm³/mol. The Morgan fingerprint density at radius 1 is 1.15 bits per heavy atom. The van der Waals surface area contributed by atoms with Crippen LogP contribution in [-0.4, -0.2) is 62.2 Å². The SMILES string of the molecule is COc1ccc(-c2nnc(NC(=O)c3ccc(S(=O)(=O)N(C)CC4CCCO4)cc3)o2)cc1. The average Bonchev–Trinajstić information content (AvgIpc) is 3.51. The van der Waals surface area contributed by atoms with Crippen LogP contribution in [0.1, 0.15) is 23.2 Å². The summed E-state index contributed by atoms with van der Waals surface area (Å²) in [5.74, 6) is 0.426. The molecule has 0 spiro atoms. The van der Waals surface area contributed by atoms with Gasteiger partial charge in [0.05, 0.1) is 18.1 Å². The number of aromatic nitrogens is 2. The van der Waals surface area contributed by atoms with E-state index in [-0.39, 0.29) is 35.0 Å². The second-order valence-electron chi connectivity index (χ2n) is 7.54. The third-order valence-electron chi connectivity index (χ3n) is 5.29. The molecular formula is C22H24N4O6S. The van der Waals surface area contributed by atoms with E-state index in [1.807, 2.05) is 0 Å². The van der Waals surface area contributed by atoms with Crippen molar-refractivity contribution < 1.29 is 27.1 Å². The number of sulfonamides is 1. The van der Waals surface area contributed by atoms with E-state index in [1.165, 1.54) is 35.6 Å². The number of methoxy groups -OCH3 is 1. The molecule has 1 atom stereocenters. The second kappa shape index (κ2) is 9.69. The van der Waals surface area contributed by atoms with Crippen molar-refractivity contribution in [2.75, 3.05) is 32.6 Å². The number of hydrogen-bond acceptors (Lipinski definition) is 8. The summed E-state index contributed by atoms with van der Waals surface area (Å²) < 4.78 is 43.0. The molecule has 4 rings (SSSR count). The topological polar surface area (TPSA) is 124 Å². The van der Waals surface area contributed by atoms with Crippen molar-refractivity contribution >= 4 is 21.9 Å². The monoisotopic (exact) mass is 472 g/mol. The molecule has 1 amide bonds. The first-order valence-electron chi connectivity index (χ1n) is 10.3. The quantitative estimate of drug-likeness (QED) is 0.531.